The zero-order valence-electron chi connectivity index (χ0n) is 16.3. The summed E-state index contributed by atoms with van der Waals surface area (Å²) in [5.74, 6) is 1.26. The Morgan fingerprint density at radius 1 is 1.29 bits per heavy atom. The number of carbonyl (C=O) groups is 1. The third-order valence-electron chi connectivity index (χ3n) is 5.34. The molecule has 0 bridgehead atoms. The van der Waals surface area contributed by atoms with Crippen LogP contribution in [-0.2, 0) is 22.5 Å². The molecule has 1 amide bonds. The quantitative estimate of drug-likeness (QED) is 0.750. The Kier molecular flexibility index (Phi) is 6.17. The highest BCUT2D eigenvalue weighted by atomic mass is 32.2. The summed E-state index contributed by atoms with van der Waals surface area (Å²) in [6, 6.07) is 8.54. The number of nitrogens with one attached hydrogen (secondary N) is 1. The number of thioether (sulfide) groups is 1. The number of aryl methyl sites for hydroxylation is 1. The van der Waals surface area contributed by atoms with Gasteiger partial charge in [-0.15, -0.1) is 10.2 Å². The Morgan fingerprint density at radius 2 is 2.11 bits per heavy atom. The van der Waals surface area contributed by atoms with Gasteiger partial charge in [0.05, 0.1) is 25.0 Å². The van der Waals surface area contributed by atoms with E-state index in [2.05, 4.69) is 56.2 Å². The maximum absolute atomic E-state index is 12.6. The molecule has 2 aliphatic rings. The Morgan fingerprint density at radius 3 is 2.93 bits per heavy atom. The molecule has 0 unspecified atom stereocenters. The summed E-state index contributed by atoms with van der Waals surface area (Å²) in [4.78, 5) is 14.8. The van der Waals surface area contributed by atoms with Crippen molar-refractivity contribution in [3.8, 4) is 0 Å². The number of amides is 1. The van der Waals surface area contributed by atoms with Gasteiger partial charge in [0.15, 0.2) is 5.16 Å². The molecule has 1 aliphatic heterocycles. The summed E-state index contributed by atoms with van der Waals surface area (Å²) in [7, 11) is 0. The fraction of sp³-hybridized carbons (Fsp3) is 0.550. The number of fused-ring (bicyclic) bond motifs is 1. The Hall–Kier alpha value is -2.06. The van der Waals surface area contributed by atoms with Gasteiger partial charge in [0, 0.05) is 19.6 Å². The number of aromatic nitrogens is 3. The molecular formula is C20H27N5O2S. The van der Waals surface area contributed by atoms with E-state index in [9.17, 15) is 4.79 Å². The summed E-state index contributed by atoms with van der Waals surface area (Å²) in [6.07, 6.45) is 3.21. The SMILES string of the molecule is CCn1c(SCC(=O)N[C@@H]2CCCc3ccccc32)nnc1N1CCOCC1. The number of morpholine rings is 1. The van der Waals surface area contributed by atoms with E-state index in [1.807, 2.05) is 0 Å². The lowest BCUT2D eigenvalue weighted by Gasteiger charge is -2.27. The number of benzene rings is 1. The molecule has 1 fully saturated rings. The van der Waals surface area contributed by atoms with Crippen molar-refractivity contribution in [3.63, 3.8) is 0 Å². The van der Waals surface area contributed by atoms with Gasteiger partial charge in [-0.2, -0.15) is 0 Å². The minimum atomic E-state index is 0.0466. The van der Waals surface area contributed by atoms with Gasteiger partial charge >= 0.3 is 0 Å². The third-order valence-corrected chi connectivity index (χ3v) is 6.31. The van der Waals surface area contributed by atoms with Gasteiger partial charge in [-0.3, -0.25) is 9.36 Å². The van der Waals surface area contributed by atoms with Crippen molar-refractivity contribution in [2.75, 3.05) is 37.0 Å². The monoisotopic (exact) mass is 401 g/mol. The second kappa shape index (κ2) is 8.96. The first-order valence-electron chi connectivity index (χ1n) is 10.0. The molecule has 0 saturated carbocycles. The minimum absolute atomic E-state index is 0.0466. The fourth-order valence-corrected chi connectivity index (χ4v) is 4.74. The molecule has 2 heterocycles. The summed E-state index contributed by atoms with van der Waals surface area (Å²) >= 11 is 1.45. The van der Waals surface area contributed by atoms with Gasteiger partial charge in [-0.25, -0.2) is 0 Å². The predicted molar refractivity (Wildman–Crippen MR) is 110 cm³/mol. The fourth-order valence-electron chi connectivity index (χ4n) is 3.93. The maximum atomic E-state index is 12.6. The van der Waals surface area contributed by atoms with E-state index >= 15 is 0 Å². The standard InChI is InChI=1S/C20H27N5O2S/c1-2-25-19(24-10-12-27-13-11-24)22-23-20(25)28-14-18(26)21-17-9-5-7-15-6-3-4-8-16(15)17/h3-4,6,8,17H,2,5,7,9-14H2,1H3,(H,21,26)/t17-/m1/s1. The van der Waals surface area contributed by atoms with Gasteiger partial charge in [0.2, 0.25) is 11.9 Å². The zero-order chi connectivity index (χ0) is 19.3. The molecule has 1 aromatic heterocycles. The summed E-state index contributed by atoms with van der Waals surface area (Å²) < 4.78 is 7.50. The smallest absolute Gasteiger partial charge is 0.230 e. The van der Waals surface area contributed by atoms with E-state index in [1.165, 1.54) is 22.9 Å². The molecule has 4 rings (SSSR count). The van der Waals surface area contributed by atoms with Crippen LogP contribution in [0.1, 0.15) is 36.9 Å². The van der Waals surface area contributed by atoms with Gasteiger partial charge in [0.25, 0.3) is 0 Å². The molecule has 7 nitrogen and oxygen atoms in total. The first-order valence-corrected chi connectivity index (χ1v) is 11.0. The summed E-state index contributed by atoms with van der Waals surface area (Å²) in [5.41, 5.74) is 2.62. The molecule has 1 aromatic carbocycles. The van der Waals surface area contributed by atoms with E-state index < -0.39 is 0 Å². The van der Waals surface area contributed by atoms with Gasteiger partial charge in [-0.1, -0.05) is 36.0 Å². The van der Waals surface area contributed by atoms with Crippen LogP contribution in [0.15, 0.2) is 29.4 Å². The van der Waals surface area contributed by atoms with Crippen molar-refractivity contribution < 1.29 is 9.53 Å². The molecule has 0 radical (unpaired) electrons. The van der Waals surface area contributed by atoms with E-state index in [0.717, 1.165) is 50.0 Å². The lowest BCUT2D eigenvalue weighted by atomic mass is 9.88. The van der Waals surface area contributed by atoms with Crippen molar-refractivity contribution in [1.29, 1.82) is 0 Å². The van der Waals surface area contributed by atoms with E-state index in [0.29, 0.717) is 19.0 Å². The van der Waals surface area contributed by atoms with Crippen LogP contribution in [0, 0.1) is 0 Å². The van der Waals surface area contributed by atoms with Crippen LogP contribution in [-0.4, -0.2) is 52.7 Å². The number of hydrogen-bond acceptors (Lipinski definition) is 6. The molecule has 1 atom stereocenters. The highest BCUT2D eigenvalue weighted by Crippen LogP contribution is 2.30. The number of ether oxygens (including phenoxy) is 1. The summed E-state index contributed by atoms with van der Waals surface area (Å²) in [5, 5.41) is 12.7. The number of anilines is 1. The zero-order valence-corrected chi connectivity index (χ0v) is 17.1. The average Bonchev–Trinajstić information content (AvgIpc) is 3.16. The van der Waals surface area contributed by atoms with Crippen molar-refractivity contribution in [2.24, 2.45) is 0 Å². The van der Waals surface area contributed by atoms with Crippen molar-refractivity contribution in [2.45, 2.75) is 43.9 Å². The first kappa shape index (κ1) is 19.3. The van der Waals surface area contributed by atoms with E-state index in [-0.39, 0.29) is 11.9 Å². The van der Waals surface area contributed by atoms with E-state index in [4.69, 9.17) is 4.74 Å². The molecule has 1 N–H and O–H groups in total. The molecule has 1 saturated heterocycles. The lowest BCUT2D eigenvalue weighted by molar-refractivity contribution is -0.119. The number of nitrogens with zero attached hydrogens (tertiary/aromatic N) is 4. The number of carbonyl (C=O) groups excluding carboxylic acids is 1. The first-order chi connectivity index (χ1) is 13.8. The largest absolute Gasteiger partial charge is 0.378 e. The normalized spacial score (nSPS) is 19.3. The van der Waals surface area contributed by atoms with Crippen molar-refractivity contribution in [1.82, 2.24) is 20.1 Å². The Balaban J connectivity index is 1.37. The van der Waals surface area contributed by atoms with Crippen LogP contribution in [0.25, 0.3) is 0 Å². The molecular weight excluding hydrogens is 374 g/mol. The third kappa shape index (κ3) is 4.17. The number of rotatable bonds is 6. The molecule has 1 aliphatic carbocycles. The van der Waals surface area contributed by atoms with Crippen LogP contribution in [0.5, 0.6) is 0 Å². The van der Waals surface area contributed by atoms with Crippen LogP contribution in [0.3, 0.4) is 0 Å². The number of hydrogen-bond donors (Lipinski definition) is 1. The highest BCUT2D eigenvalue weighted by molar-refractivity contribution is 7.99. The average molecular weight is 402 g/mol. The summed E-state index contributed by atoms with van der Waals surface area (Å²) in [6.45, 7) is 5.93. The molecule has 2 aromatic rings. The van der Waals surface area contributed by atoms with Crippen molar-refractivity contribution >= 4 is 23.6 Å². The van der Waals surface area contributed by atoms with Crippen LogP contribution < -0.4 is 10.2 Å². The second-order valence-electron chi connectivity index (χ2n) is 7.13. The minimum Gasteiger partial charge on any atom is -0.378 e. The Bertz CT molecular complexity index is 819. The van der Waals surface area contributed by atoms with Gasteiger partial charge in [0.1, 0.15) is 0 Å². The molecule has 150 valence electrons. The second-order valence-corrected chi connectivity index (χ2v) is 8.07. The van der Waals surface area contributed by atoms with Crippen LogP contribution >= 0.6 is 11.8 Å². The lowest BCUT2D eigenvalue weighted by Crippen LogP contribution is -2.38. The van der Waals surface area contributed by atoms with Gasteiger partial charge in [-0.05, 0) is 37.3 Å². The van der Waals surface area contributed by atoms with Crippen molar-refractivity contribution in [3.05, 3.63) is 35.4 Å². The Labute approximate surface area is 169 Å². The van der Waals surface area contributed by atoms with Crippen LogP contribution in [0.4, 0.5) is 5.95 Å². The molecule has 28 heavy (non-hydrogen) atoms. The maximum Gasteiger partial charge on any atom is 0.230 e. The van der Waals surface area contributed by atoms with E-state index in [1.54, 1.807) is 0 Å². The predicted octanol–water partition coefficient (Wildman–Crippen LogP) is 2.42. The topological polar surface area (TPSA) is 72.3 Å². The van der Waals surface area contributed by atoms with Gasteiger partial charge < -0.3 is 15.0 Å². The molecule has 0 spiro atoms. The highest BCUT2D eigenvalue weighted by Gasteiger charge is 2.23. The van der Waals surface area contributed by atoms with Crippen LogP contribution in [0.2, 0.25) is 0 Å². The molecule has 8 heteroatoms.